The van der Waals surface area contributed by atoms with Gasteiger partial charge in [0.15, 0.2) is 0 Å². The Labute approximate surface area is 129 Å². The molecule has 1 N–H and O–H groups in total. The van der Waals surface area contributed by atoms with Crippen LogP contribution in [0.3, 0.4) is 0 Å². The Morgan fingerprint density at radius 3 is 2.67 bits per heavy atom. The summed E-state index contributed by atoms with van der Waals surface area (Å²) in [5, 5.41) is 13.6. The lowest BCUT2D eigenvalue weighted by molar-refractivity contribution is 0.305. The second-order valence-corrected chi connectivity index (χ2v) is 6.96. The van der Waals surface area contributed by atoms with Crippen LogP contribution in [0.15, 0.2) is 35.5 Å². The van der Waals surface area contributed by atoms with E-state index in [-0.39, 0.29) is 5.41 Å². The van der Waals surface area contributed by atoms with Crippen molar-refractivity contribution >= 4 is 17.3 Å². The number of oxime groups is 1. The van der Waals surface area contributed by atoms with Gasteiger partial charge < -0.3 is 9.77 Å². The maximum absolute atomic E-state index is 9.34. The Balaban J connectivity index is 2.23. The number of aryl methyl sites for hydroxylation is 1. The molecule has 0 amide bonds. The molecule has 0 bridgehead atoms. The number of halogens is 1. The topological polar surface area (TPSA) is 37.5 Å². The predicted molar refractivity (Wildman–Crippen MR) is 85.9 cm³/mol. The van der Waals surface area contributed by atoms with Crippen LogP contribution in [0.25, 0.3) is 5.69 Å². The highest BCUT2D eigenvalue weighted by Crippen LogP contribution is 2.38. The zero-order valence-electron chi connectivity index (χ0n) is 12.5. The zero-order chi connectivity index (χ0) is 15.2. The molecule has 0 atom stereocenters. The van der Waals surface area contributed by atoms with Crippen LogP contribution in [0, 0.1) is 12.3 Å². The molecule has 1 aromatic carbocycles. The average molecular weight is 303 g/mol. The van der Waals surface area contributed by atoms with Crippen molar-refractivity contribution in [1.82, 2.24) is 4.57 Å². The Hall–Kier alpha value is -1.74. The maximum atomic E-state index is 9.34. The average Bonchev–Trinajstić information content (AvgIpc) is 2.72. The van der Waals surface area contributed by atoms with Crippen molar-refractivity contribution in [3.05, 3.63) is 52.3 Å². The fourth-order valence-electron chi connectivity index (χ4n) is 3.24. The van der Waals surface area contributed by atoms with Gasteiger partial charge in [0.25, 0.3) is 0 Å². The molecular formula is C17H19ClN2O. The summed E-state index contributed by atoms with van der Waals surface area (Å²) in [6, 6.07) is 9.95. The third-order valence-electron chi connectivity index (χ3n) is 4.08. The fourth-order valence-corrected chi connectivity index (χ4v) is 3.43. The summed E-state index contributed by atoms with van der Waals surface area (Å²) < 4.78 is 2.22. The van der Waals surface area contributed by atoms with E-state index in [9.17, 15) is 5.21 Å². The standard InChI is InChI=1S/C17H19ClN2O/c1-11-7-14-15(19-21)9-17(2,3)10-16(14)20(11)13-6-4-5-12(18)8-13/h4-8,21H,9-10H2,1-3H3/b19-15-. The van der Waals surface area contributed by atoms with Crippen molar-refractivity contribution in [3.8, 4) is 5.69 Å². The minimum atomic E-state index is 0.0790. The largest absolute Gasteiger partial charge is 0.411 e. The third-order valence-corrected chi connectivity index (χ3v) is 4.31. The van der Waals surface area contributed by atoms with Crippen molar-refractivity contribution in [2.45, 2.75) is 33.6 Å². The molecule has 3 rings (SSSR count). The molecule has 2 aromatic rings. The number of hydrogen-bond acceptors (Lipinski definition) is 2. The van der Waals surface area contributed by atoms with Crippen molar-refractivity contribution in [3.63, 3.8) is 0 Å². The van der Waals surface area contributed by atoms with Gasteiger partial charge in [0, 0.05) is 27.7 Å². The smallest absolute Gasteiger partial charge is 0.0891 e. The molecule has 21 heavy (non-hydrogen) atoms. The van der Waals surface area contributed by atoms with E-state index >= 15 is 0 Å². The monoisotopic (exact) mass is 302 g/mol. The number of rotatable bonds is 1. The first kappa shape index (κ1) is 14.2. The molecule has 110 valence electrons. The highest BCUT2D eigenvalue weighted by Gasteiger charge is 2.33. The fraction of sp³-hybridized carbons (Fsp3) is 0.353. The van der Waals surface area contributed by atoms with E-state index < -0.39 is 0 Å². The molecule has 0 unspecified atom stereocenters. The Morgan fingerprint density at radius 2 is 2.00 bits per heavy atom. The summed E-state index contributed by atoms with van der Waals surface area (Å²) in [6.45, 7) is 6.47. The molecule has 0 aliphatic heterocycles. The first-order valence-corrected chi connectivity index (χ1v) is 7.47. The quantitative estimate of drug-likeness (QED) is 0.607. The molecule has 1 aliphatic carbocycles. The van der Waals surface area contributed by atoms with Crippen molar-refractivity contribution in [2.75, 3.05) is 0 Å². The van der Waals surface area contributed by atoms with Gasteiger partial charge in [-0.2, -0.15) is 0 Å². The molecule has 1 aliphatic rings. The first-order chi connectivity index (χ1) is 9.91. The highest BCUT2D eigenvalue weighted by atomic mass is 35.5. The van der Waals surface area contributed by atoms with Gasteiger partial charge in [-0.1, -0.05) is 36.7 Å². The number of benzene rings is 1. The van der Waals surface area contributed by atoms with Gasteiger partial charge in [0.2, 0.25) is 0 Å². The van der Waals surface area contributed by atoms with Crippen LogP contribution in [0.4, 0.5) is 0 Å². The molecule has 3 nitrogen and oxygen atoms in total. The minimum absolute atomic E-state index is 0.0790. The predicted octanol–water partition coefficient (Wildman–Crippen LogP) is 4.59. The lowest BCUT2D eigenvalue weighted by atomic mass is 9.76. The molecule has 4 heteroatoms. The number of aromatic nitrogens is 1. The van der Waals surface area contributed by atoms with Crippen LogP contribution in [-0.2, 0) is 6.42 Å². The SMILES string of the molecule is Cc1cc2c(n1-c1cccc(Cl)c1)CC(C)(C)C/C2=N/O. The zero-order valence-corrected chi connectivity index (χ0v) is 13.3. The summed E-state index contributed by atoms with van der Waals surface area (Å²) >= 11 is 6.13. The summed E-state index contributed by atoms with van der Waals surface area (Å²) in [5.41, 5.74) is 5.27. The highest BCUT2D eigenvalue weighted by molar-refractivity contribution is 6.30. The van der Waals surface area contributed by atoms with Crippen molar-refractivity contribution in [2.24, 2.45) is 10.6 Å². The van der Waals surface area contributed by atoms with Gasteiger partial charge in [0.1, 0.15) is 0 Å². The maximum Gasteiger partial charge on any atom is 0.0891 e. The van der Waals surface area contributed by atoms with Crippen molar-refractivity contribution in [1.29, 1.82) is 0 Å². The van der Waals surface area contributed by atoms with E-state index in [0.717, 1.165) is 40.5 Å². The lowest BCUT2D eigenvalue weighted by Crippen LogP contribution is -2.28. The second-order valence-electron chi connectivity index (χ2n) is 6.53. The third kappa shape index (κ3) is 2.46. The second kappa shape index (κ2) is 4.92. The molecule has 0 saturated carbocycles. The van der Waals surface area contributed by atoms with E-state index in [1.807, 2.05) is 18.2 Å². The summed E-state index contributed by atoms with van der Waals surface area (Å²) in [5.74, 6) is 0. The van der Waals surface area contributed by atoms with Crippen LogP contribution in [-0.4, -0.2) is 15.5 Å². The van der Waals surface area contributed by atoms with E-state index in [4.69, 9.17) is 11.6 Å². The van der Waals surface area contributed by atoms with Gasteiger partial charge in [-0.3, -0.25) is 0 Å². The van der Waals surface area contributed by atoms with Crippen LogP contribution >= 0.6 is 11.6 Å². The van der Waals surface area contributed by atoms with Crippen molar-refractivity contribution < 1.29 is 5.21 Å². The molecular weight excluding hydrogens is 284 g/mol. The molecule has 0 saturated heterocycles. The van der Waals surface area contributed by atoms with Crippen LogP contribution in [0.5, 0.6) is 0 Å². The normalized spacial score (nSPS) is 18.8. The van der Waals surface area contributed by atoms with Crippen LogP contribution in [0.2, 0.25) is 5.02 Å². The molecule has 0 radical (unpaired) electrons. The van der Waals surface area contributed by atoms with Gasteiger partial charge in [-0.15, -0.1) is 0 Å². The first-order valence-electron chi connectivity index (χ1n) is 7.10. The minimum Gasteiger partial charge on any atom is -0.411 e. The van der Waals surface area contributed by atoms with Crippen LogP contribution < -0.4 is 0 Å². The van der Waals surface area contributed by atoms with E-state index in [2.05, 4.69) is 42.6 Å². The van der Waals surface area contributed by atoms with E-state index in [1.165, 1.54) is 5.69 Å². The molecule has 0 fully saturated rings. The number of fused-ring (bicyclic) bond motifs is 1. The van der Waals surface area contributed by atoms with E-state index in [1.54, 1.807) is 0 Å². The molecule has 0 spiro atoms. The van der Waals surface area contributed by atoms with Gasteiger partial charge >= 0.3 is 0 Å². The Morgan fingerprint density at radius 1 is 1.24 bits per heavy atom. The van der Waals surface area contributed by atoms with Gasteiger partial charge in [-0.25, -0.2) is 0 Å². The summed E-state index contributed by atoms with van der Waals surface area (Å²) in [7, 11) is 0. The molecule has 1 heterocycles. The van der Waals surface area contributed by atoms with Gasteiger partial charge in [0.05, 0.1) is 5.71 Å². The van der Waals surface area contributed by atoms with Gasteiger partial charge in [-0.05, 0) is 49.4 Å². The number of hydrogen-bond donors (Lipinski definition) is 1. The Kier molecular flexibility index (Phi) is 3.33. The number of nitrogens with zero attached hydrogens (tertiary/aromatic N) is 2. The Bertz CT molecular complexity index is 728. The summed E-state index contributed by atoms with van der Waals surface area (Å²) in [4.78, 5) is 0. The lowest BCUT2D eigenvalue weighted by Gasteiger charge is -2.31. The summed E-state index contributed by atoms with van der Waals surface area (Å²) in [6.07, 6.45) is 1.73. The molecule has 1 aromatic heterocycles. The van der Waals surface area contributed by atoms with Crippen LogP contribution in [0.1, 0.15) is 37.2 Å². The van der Waals surface area contributed by atoms with E-state index in [0.29, 0.717) is 0 Å².